The minimum absolute atomic E-state index is 0.464. The van der Waals surface area contributed by atoms with Gasteiger partial charge in [-0.05, 0) is 48.0 Å². The quantitative estimate of drug-likeness (QED) is 0.228. The molecule has 4 aromatic rings. The van der Waals surface area contributed by atoms with E-state index in [1.165, 1.54) is 0 Å². The van der Waals surface area contributed by atoms with Crippen LogP contribution in [0.5, 0.6) is 0 Å². The lowest BCUT2D eigenvalue weighted by atomic mass is 10.1. The van der Waals surface area contributed by atoms with Gasteiger partial charge in [0.15, 0.2) is 5.82 Å². The van der Waals surface area contributed by atoms with Crippen LogP contribution in [0.2, 0.25) is 0 Å². The van der Waals surface area contributed by atoms with E-state index in [1.54, 1.807) is 24.5 Å². The van der Waals surface area contributed by atoms with Crippen LogP contribution in [0.1, 0.15) is 5.56 Å². The number of hydrogen-bond acceptors (Lipinski definition) is 8. The number of fused-ring (bicyclic) bond motifs is 1. The van der Waals surface area contributed by atoms with Gasteiger partial charge in [0.2, 0.25) is 0 Å². The molecule has 3 aromatic heterocycles. The van der Waals surface area contributed by atoms with Crippen molar-refractivity contribution >= 4 is 28.2 Å². The molecular formula is C23H25N7O. The molecule has 158 valence electrons. The smallest absolute Gasteiger partial charge is 0.166 e. The Morgan fingerprint density at radius 1 is 1.06 bits per heavy atom. The Balaban J connectivity index is 1.52. The maximum absolute atomic E-state index is 6.35. The molecule has 0 saturated heterocycles. The molecule has 31 heavy (non-hydrogen) atoms. The standard InChI is InChI=1S/C23H25N7O/c1-31-12-11-27-22-9-5-18(14-28-22)21-8-6-19(24)23(29-21)30(25)15-16-4-7-20-17(13-16)3-2-10-26-20/h2-10,13-14H,11-12,15,24-25H2,1H3,(H,27,28). The van der Waals surface area contributed by atoms with Crippen LogP contribution in [0.15, 0.2) is 67.0 Å². The molecule has 0 amide bonds. The van der Waals surface area contributed by atoms with Crippen molar-refractivity contribution in [3.8, 4) is 11.3 Å². The second kappa shape index (κ2) is 9.38. The normalized spacial score (nSPS) is 10.9. The number of rotatable bonds is 8. The second-order valence-corrected chi connectivity index (χ2v) is 7.12. The van der Waals surface area contributed by atoms with Gasteiger partial charge in [-0.3, -0.25) is 9.99 Å². The van der Waals surface area contributed by atoms with Crippen LogP contribution in [0, 0.1) is 0 Å². The molecule has 0 spiro atoms. The fourth-order valence-electron chi connectivity index (χ4n) is 3.28. The van der Waals surface area contributed by atoms with E-state index >= 15 is 0 Å². The Kier molecular flexibility index (Phi) is 6.21. The number of aromatic nitrogens is 3. The Morgan fingerprint density at radius 2 is 1.97 bits per heavy atom. The number of methoxy groups -OCH3 is 1. The lowest BCUT2D eigenvalue weighted by Crippen LogP contribution is -2.31. The summed E-state index contributed by atoms with van der Waals surface area (Å²) in [6, 6.07) is 17.6. The van der Waals surface area contributed by atoms with Gasteiger partial charge in [0.05, 0.1) is 30.0 Å². The van der Waals surface area contributed by atoms with Crippen molar-refractivity contribution in [2.75, 3.05) is 36.3 Å². The molecule has 0 saturated carbocycles. The van der Waals surface area contributed by atoms with Crippen LogP contribution < -0.4 is 21.9 Å². The van der Waals surface area contributed by atoms with E-state index in [-0.39, 0.29) is 0 Å². The summed E-state index contributed by atoms with van der Waals surface area (Å²) in [6.07, 6.45) is 3.55. The van der Waals surface area contributed by atoms with Crippen molar-refractivity contribution in [3.63, 3.8) is 0 Å². The third kappa shape index (κ3) is 4.88. The van der Waals surface area contributed by atoms with Crippen molar-refractivity contribution in [2.45, 2.75) is 6.54 Å². The first-order valence-electron chi connectivity index (χ1n) is 9.95. The van der Waals surface area contributed by atoms with Crippen LogP contribution in [-0.2, 0) is 11.3 Å². The predicted molar refractivity (Wildman–Crippen MR) is 124 cm³/mol. The van der Waals surface area contributed by atoms with Crippen molar-refractivity contribution in [3.05, 3.63) is 72.6 Å². The monoisotopic (exact) mass is 415 g/mol. The number of anilines is 3. The molecule has 8 heteroatoms. The molecule has 1 aromatic carbocycles. The molecule has 0 atom stereocenters. The molecule has 0 aliphatic carbocycles. The summed E-state index contributed by atoms with van der Waals surface area (Å²) < 4.78 is 5.04. The molecule has 3 heterocycles. The van der Waals surface area contributed by atoms with Gasteiger partial charge in [-0.25, -0.2) is 15.8 Å². The second-order valence-electron chi connectivity index (χ2n) is 7.12. The number of benzene rings is 1. The first-order chi connectivity index (χ1) is 15.1. The van der Waals surface area contributed by atoms with Crippen LogP contribution in [0.25, 0.3) is 22.2 Å². The highest BCUT2D eigenvalue weighted by molar-refractivity contribution is 5.79. The van der Waals surface area contributed by atoms with Crippen molar-refractivity contribution < 1.29 is 4.74 Å². The van der Waals surface area contributed by atoms with E-state index in [0.29, 0.717) is 31.2 Å². The van der Waals surface area contributed by atoms with Crippen molar-refractivity contribution in [1.82, 2.24) is 15.0 Å². The average Bonchev–Trinajstić information content (AvgIpc) is 2.80. The van der Waals surface area contributed by atoms with Crippen LogP contribution in [0.4, 0.5) is 17.3 Å². The Morgan fingerprint density at radius 3 is 2.77 bits per heavy atom. The largest absolute Gasteiger partial charge is 0.396 e. The topological polar surface area (TPSA) is 115 Å². The minimum atomic E-state index is 0.464. The highest BCUT2D eigenvalue weighted by atomic mass is 16.5. The van der Waals surface area contributed by atoms with Gasteiger partial charge in [0.1, 0.15) is 5.82 Å². The summed E-state index contributed by atoms with van der Waals surface area (Å²) in [5.74, 6) is 7.65. The van der Waals surface area contributed by atoms with Gasteiger partial charge < -0.3 is 15.8 Å². The van der Waals surface area contributed by atoms with Crippen LogP contribution >= 0.6 is 0 Å². The number of hydrogen-bond donors (Lipinski definition) is 3. The summed E-state index contributed by atoms with van der Waals surface area (Å²) in [7, 11) is 1.67. The lowest BCUT2D eigenvalue weighted by molar-refractivity contribution is 0.210. The van der Waals surface area contributed by atoms with E-state index < -0.39 is 0 Å². The highest BCUT2D eigenvalue weighted by Gasteiger charge is 2.12. The van der Waals surface area contributed by atoms with Gasteiger partial charge in [-0.1, -0.05) is 12.1 Å². The zero-order chi connectivity index (χ0) is 21.6. The van der Waals surface area contributed by atoms with Gasteiger partial charge in [-0.15, -0.1) is 0 Å². The van der Waals surface area contributed by atoms with Crippen molar-refractivity contribution in [2.24, 2.45) is 5.84 Å². The summed E-state index contributed by atoms with van der Waals surface area (Å²) in [5.41, 5.74) is 10.3. The highest BCUT2D eigenvalue weighted by Crippen LogP contribution is 2.26. The number of nitrogens with two attached hydrogens (primary N) is 2. The molecule has 0 radical (unpaired) electrons. The van der Waals surface area contributed by atoms with Gasteiger partial charge in [0, 0.05) is 37.0 Å². The predicted octanol–water partition coefficient (Wildman–Crippen LogP) is 3.21. The van der Waals surface area contributed by atoms with Crippen LogP contribution in [-0.4, -0.2) is 35.2 Å². The molecule has 0 aliphatic rings. The summed E-state index contributed by atoms with van der Waals surface area (Å²) in [4.78, 5) is 13.5. The summed E-state index contributed by atoms with van der Waals surface area (Å²) in [5, 5.41) is 5.82. The Bertz CT molecular complexity index is 1160. The maximum atomic E-state index is 6.35. The molecule has 0 bridgehead atoms. The van der Waals surface area contributed by atoms with E-state index in [0.717, 1.165) is 33.5 Å². The molecule has 8 nitrogen and oxygen atoms in total. The molecule has 5 N–H and O–H groups in total. The molecule has 4 rings (SSSR count). The van der Waals surface area contributed by atoms with Gasteiger partial charge in [-0.2, -0.15) is 0 Å². The number of nitrogens with one attached hydrogen (secondary N) is 1. The van der Waals surface area contributed by atoms with E-state index in [2.05, 4.69) is 26.3 Å². The van der Waals surface area contributed by atoms with E-state index in [9.17, 15) is 0 Å². The molecular weight excluding hydrogens is 390 g/mol. The fraction of sp³-hybridized carbons (Fsp3) is 0.174. The van der Waals surface area contributed by atoms with E-state index in [1.807, 2.05) is 48.5 Å². The first kappa shape index (κ1) is 20.5. The molecule has 0 aliphatic heterocycles. The summed E-state index contributed by atoms with van der Waals surface area (Å²) in [6.45, 7) is 1.78. The zero-order valence-corrected chi connectivity index (χ0v) is 17.3. The third-order valence-corrected chi connectivity index (χ3v) is 4.87. The Labute approximate surface area is 180 Å². The fourth-order valence-corrected chi connectivity index (χ4v) is 3.28. The first-order valence-corrected chi connectivity index (χ1v) is 9.95. The summed E-state index contributed by atoms with van der Waals surface area (Å²) >= 11 is 0. The average molecular weight is 416 g/mol. The van der Waals surface area contributed by atoms with Gasteiger partial charge >= 0.3 is 0 Å². The third-order valence-electron chi connectivity index (χ3n) is 4.87. The number of pyridine rings is 3. The molecule has 0 fully saturated rings. The number of ether oxygens (including phenoxy) is 1. The van der Waals surface area contributed by atoms with E-state index in [4.69, 9.17) is 16.3 Å². The Hall–Kier alpha value is -3.75. The SMILES string of the molecule is COCCNc1ccc(-c2ccc(N)c(N(N)Cc3ccc4ncccc4c3)n2)cn1. The maximum Gasteiger partial charge on any atom is 0.166 e. The number of hydrazine groups is 1. The number of nitrogen functional groups attached to an aromatic ring is 1. The van der Waals surface area contributed by atoms with Gasteiger partial charge in [0.25, 0.3) is 0 Å². The lowest BCUT2D eigenvalue weighted by Gasteiger charge is -2.20. The minimum Gasteiger partial charge on any atom is -0.396 e. The van der Waals surface area contributed by atoms with Crippen molar-refractivity contribution in [1.29, 1.82) is 0 Å². The molecule has 0 unspecified atom stereocenters. The van der Waals surface area contributed by atoms with Crippen LogP contribution in [0.3, 0.4) is 0 Å². The number of nitrogens with zero attached hydrogens (tertiary/aromatic N) is 4. The zero-order valence-electron chi connectivity index (χ0n) is 17.3.